The molecular weight excluding hydrogens is 727 g/mol. The molecule has 0 unspecified atom stereocenters. The van der Waals surface area contributed by atoms with Crippen molar-refractivity contribution in [3.05, 3.63) is 200 Å². The van der Waals surface area contributed by atoms with Gasteiger partial charge in [-0.25, -0.2) is 0 Å². The fraction of sp³-hybridized carbons (Fsp3) is 0. The second kappa shape index (κ2) is 13.1. The minimum atomic E-state index is 0.896. The highest BCUT2D eigenvalue weighted by molar-refractivity contribution is 7.26. The Bertz CT molecular complexity index is 3360. The van der Waals surface area contributed by atoms with E-state index >= 15 is 0 Å². The summed E-state index contributed by atoms with van der Waals surface area (Å²) in [5.41, 5.74) is 13.6. The van der Waals surface area contributed by atoms with Gasteiger partial charge in [0.15, 0.2) is 0 Å². The average Bonchev–Trinajstić information content (AvgIpc) is 3.99. The molecule has 12 aromatic rings. The first-order valence-electron chi connectivity index (χ1n) is 19.6. The summed E-state index contributed by atoms with van der Waals surface area (Å²) in [6, 6.07) is 71.4. The number of fused-ring (bicyclic) bond motifs is 9. The summed E-state index contributed by atoms with van der Waals surface area (Å²) in [5.74, 6) is 0. The Balaban J connectivity index is 0.988. The van der Waals surface area contributed by atoms with Gasteiger partial charge in [0.05, 0.1) is 0 Å². The van der Waals surface area contributed by atoms with Crippen LogP contribution in [0.1, 0.15) is 0 Å². The molecule has 0 bridgehead atoms. The van der Waals surface area contributed by atoms with E-state index in [0.717, 1.165) is 83.2 Å². The summed E-state index contributed by atoms with van der Waals surface area (Å²) in [6.07, 6.45) is 0. The van der Waals surface area contributed by atoms with Crippen molar-refractivity contribution in [1.82, 2.24) is 0 Å². The number of furan rings is 2. The predicted molar refractivity (Wildman–Crippen MR) is 245 cm³/mol. The maximum Gasteiger partial charge on any atom is 0.143 e. The lowest BCUT2D eigenvalue weighted by molar-refractivity contribution is 0.669. The molecule has 4 heteroatoms. The molecule has 3 heterocycles. The summed E-state index contributed by atoms with van der Waals surface area (Å²) in [6.45, 7) is 0. The summed E-state index contributed by atoms with van der Waals surface area (Å²) < 4.78 is 15.6. The molecule has 58 heavy (non-hydrogen) atoms. The van der Waals surface area contributed by atoms with Gasteiger partial charge in [0.1, 0.15) is 22.3 Å². The van der Waals surface area contributed by atoms with E-state index < -0.39 is 0 Å². The summed E-state index contributed by atoms with van der Waals surface area (Å²) >= 11 is 1.87. The number of nitrogens with zero attached hydrogens (tertiary/aromatic N) is 1. The molecule has 3 aromatic heterocycles. The molecule has 0 saturated heterocycles. The zero-order valence-corrected chi connectivity index (χ0v) is 32.0. The Morgan fingerprint density at radius 3 is 1.45 bits per heavy atom. The fourth-order valence-corrected chi connectivity index (χ4v) is 10.0. The molecule has 0 saturated carbocycles. The van der Waals surface area contributed by atoms with Crippen LogP contribution in [0.3, 0.4) is 0 Å². The van der Waals surface area contributed by atoms with Gasteiger partial charge in [-0.2, -0.15) is 0 Å². The standard InChI is InChI=1S/C54H33NO2S/c1-4-22-49-43(13-1)46-19-8-16-40(52(46)56-49)34-25-29-37(30-26-34)55(38-31-27-35(28-32-38)42-18-10-21-48-45-15-3-6-24-51(45)58-54(42)48)39-12-7-11-36(33-39)41-17-9-20-47-44-14-2-5-23-50(44)57-53(41)47/h1-33H. The van der Waals surface area contributed by atoms with Gasteiger partial charge >= 0.3 is 0 Å². The smallest absolute Gasteiger partial charge is 0.143 e. The van der Waals surface area contributed by atoms with Gasteiger partial charge in [0.2, 0.25) is 0 Å². The monoisotopic (exact) mass is 759 g/mol. The number of anilines is 3. The molecule has 0 aliphatic carbocycles. The van der Waals surface area contributed by atoms with Crippen molar-refractivity contribution in [1.29, 1.82) is 0 Å². The highest BCUT2D eigenvalue weighted by Crippen LogP contribution is 2.44. The van der Waals surface area contributed by atoms with E-state index in [1.807, 2.05) is 35.6 Å². The Hall–Kier alpha value is -7.40. The molecule has 0 fully saturated rings. The lowest BCUT2D eigenvalue weighted by atomic mass is 10.00. The van der Waals surface area contributed by atoms with Crippen molar-refractivity contribution in [2.45, 2.75) is 0 Å². The van der Waals surface area contributed by atoms with Gasteiger partial charge in [0.25, 0.3) is 0 Å². The molecule has 272 valence electrons. The number of rotatable bonds is 6. The first-order valence-corrected chi connectivity index (χ1v) is 20.4. The lowest BCUT2D eigenvalue weighted by Gasteiger charge is -2.26. The summed E-state index contributed by atoms with van der Waals surface area (Å²) in [4.78, 5) is 2.34. The van der Waals surface area contributed by atoms with Gasteiger partial charge in [-0.3, -0.25) is 0 Å². The molecule has 0 aliphatic rings. The molecular formula is C54H33NO2S. The van der Waals surface area contributed by atoms with Crippen LogP contribution in [0.15, 0.2) is 209 Å². The molecule has 12 rings (SSSR count). The molecule has 0 aliphatic heterocycles. The first-order chi connectivity index (χ1) is 28.7. The van der Waals surface area contributed by atoms with Crippen molar-refractivity contribution in [3.8, 4) is 33.4 Å². The summed E-state index contributed by atoms with van der Waals surface area (Å²) in [5, 5.41) is 7.12. The van der Waals surface area contributed by atoms with Crippen LogP contribution >= 0.6 is 11.3 Å². The molecule has 0 N–H and O–H groups in total. The van der Waals surface area contributed by atoms with Crippen molar-refractivity contribution in [2.24, 2.45) is 0 Å². The van der Waals surface area contributed by atoms with E-state index in [4.69, 9.17) is 8.83 Å². The van der Waals surface area contributed by atoms with Crippen LogP contribution < -0.4 is 4.90 Å². The van der Waals surface area contributed by atoms with Crippen LogP contribution in [-0.4, -0.2) is 0 Å². The largest absolute Gasteiger partial charge is 0.455 e. The number of thiophene rings is 1. The zero-order valence-electron chi connectivity index (χ0n) is 31.2. The highest BCUT2D eigenvalue weighted by atomic mass is 32.1. The Labute approximate surface area is 338 Å². The second-order valence-corrected chi connectivity index (χ2v) is 15.9. The van der Waals surface area contributed by atoms with E-state index in [2.05, 4.69) is 181 Å². The molecule has 3 nitrogen and oxygen atoms in total. The van der Waals surface area contributed by atoms with Crippen LogP contribution in [-0.2, 0) is 0 Å². The maximum atomic E-state index is 6.50. The minimum Gasteiger partial charge on any atom is -0.455 e. The van der Waals surface area contributed by atoms with E-state index in [1.54, 1.807) is 0 Å². The van der Waals surface area contributed by atoms with Crippen LogP contribution in [0.25, 0.3) is 97.4 Å². The maximum absolute atomic E-state index is 6.50. The topological polar surface area (TPSA) is 29.5 Å². The normalized spacial score (nSPS) is 11.8. The van der Waals surface area contributed by atoms with Gasteiger partial charge in [-0.05, 0) is 76.9 Å². The highest BCUT2D eigenvalue weighted by Gasteiger charge is 2.19. The van der Waals surface area contributed by atoms with E-state index in [-0.39, 0.29) is 0 Å². The van der Waals surface area contributed by atoms with E-state index in [0.29, 0.717) is 0 Å². The van der Waals surface area contributed by atoms with Crippen molar-refractivity contribution in [3.63, 3.8) is 0 Å². The van der Waals surface area contributed by atoms with Crippen molar-refractivity contribution < 1.29 is 8.83 Å². The average molecular weight is 760 g/mol. The molecule has 0 radical (unpaired) electrons. The molecule has 0 spiro atoms. The van der Waals surface area contributed by atoms with Crippen LogP contribution in [0.2, 0.25) is 0 Å². The van der Waals surface area contributed by atoms with Crippen LogP contribution in [0, 0.1) is 0 Å². The third kappa shape index (κ3) is 5.19. The molecule has 0 atom stereocenters. The Morgan fingerprint density at radius 2 is 0.810 bits per heavy atom. The van der Waals surface area contributed by atoms with E-state index in [9.17, 15) is 0 Å². The quantitative estimate of drug-likeness (QED) is 0.169. The van der Waals surface area contributed by atoms with Crippen molar-refractivity contribution >= 4 is 92.4 Å². The fourth-order valence-electron chi connectivity index (χ4n) is 8.76. The number of hydrogen-bond donors (Lipinski definition) is 0. The minimum absolute atomic E-state index is 0.896. The van der Waals surface area contributed by atoms with Crippen LogP contribution in [0.5, 0.6) is 0 Å². The second-order valence-electron chi connectivity index (χ2n) is 14.8. The zero-order chi connectivity index (χ0) is 38.2. The number of hydrogen-bond acceptors (Lipinski definition) is 4. The SMILES string of the molecule is c1cc(-c2cccc3c2oc2ccccc23)cc(N(c2ccc(-c3cccc4c3oc3ccccc34)cc2)c2ccc(-c3cccc4c3sc3ccccc34)cc2)c1. The summed E-state index contributed by atoms with van der Waals surface area (Å²) in [7, 11) is 0. The van der Waals surface area contributed by atoms with Crippen molar-refractivity contribution in [2.75, 3.05) is 4.90 Å². The predicted octanol–water partition coefficient (Wildman–Crippen LogP) is 16.3. The Morgan fingerprint density at radius 1 is 0.328 bits per heavy atom. The lowest BCUT2D eigenvalue weighted by Crippen LogP contribution is -2.10. The van der Waals surface area contributed by atoms with Gasteiger partial charge in [0, 0.05) is 69.9 Å². The number of benzene rings is 9. The third-order valence-corrected chi connectivity index (χ3v) is 12.7. The Kier molecular flexibility index (Phi) is 7.40. The third-order valence-electron chi connectivity index (χ3n) is 11.5. The number of para-hydroxylation sites is 4. The first kappa shape index (κ1) is 32.8. The molecule has 0 amide bonds. The van der Waals surface area contributed by atoms with Gasteiger partial charge < -0.3 is 13.7 Å². The molecule has 9 aromatic carbocycles. The van der Waals surface area contributed by atoms with Crippen LogP contribution in [0.4, 0.5) is 17.1 Å². The van der Waals surface area contributed by atoms with E-state index in [1.165, 1.54) is 31.3 Å². The van der Waals surface area contributed by atoms with Gasteiger partial charge in [-0.15, -0.1) is 11.3 Å². The van der Waals surface area contributed by atoms with Gasteiger partial charge in [-0.1, -0.05) is 146 Å².